The molecule has 158 valence electrons. The van der Waals surface area contributed by atoms with Gasteiger partial charge in [0.15, 0.2) is 0 Å². The van der Waals surface area contributed by atoms with E-state index in [2.05, 4.69) is 26.8 Å². The van der Waals surface area contributed by atoms with Gasteiger partial charge in [-0.2, -0.15) is 0 Å². The number of carbonyl (C=O) groups excluding carboxylic acids is 2. The second kappa shape index (κ2) is 8.38. The number of carbonyl (C=O) groups is 2. The molecule has 29 heavy (non-hydrogen) atoms. The summed E-state index contributed by atoms with van der Waals surface area (Å²) in [5.74, 6) is 1.45. The zero-order valence-electron chi connectivity index (χ0n) is 17.9. The van der Waals surface area contributed by atoms with Crippen LogP contribution >= 0.6 is 0 Å². The topological polar surface area (TPSA) is 69.6 Å². The van der Waals surface area contributed by atoms with E-state index >= 15 is 0 Å². The number of anilines is 1. The molecule has 1 aliphatic carbocycles. The normalized spacial score (nSPS) is 29.7. The third kappa shape index (κ3) is 4.29. The number of amides is 1. The maximum absolute atomic E-state index is 12.8. The molecule has 2 unspecified atom stereocenters. The fraction of sp³-hybridized carbons (Fsp3) is 0.727. The lowest BCUT2D eigenvalue weighted by Crippen LogP contribution is -2.53. The van der Waals surface area contributed by atoms with Gasteiger partial charge in [-0.1, -0.05) is 0 Å². The van der Waals surface area contributed by atoms with Crippen molar-refractivity contribution in [1.82, 2.24) is 19.8 Å². The lowest BCUT2D eigenvalue weighted by Gasteiger charge is -2.39. The molecule has 2 saturated heterocycles. The molecule has 1 saturated carbocycles. The Morgan fingerprint density at radius 3 is 2.10 bits per heavy atom. The number of hydrogen-bond donors (Lipinski definition) is 0. The Balaban J connectivity index is 1.33. The van der Waals surface area contributed by atoms with Crippen molar-refractivity contribution in [3.63, 3.8) is 0 Å². The molecule has 2 atom stereocenters. The molecule has 0 N–H and O–H groups in total. The van der Waals surface area contributed by atoms with E-state index in [-0.39, 0.29) is 23.5 Å². The minimum Gasteiger partial charge on any atom is -0.341 e. The summed E-state index contributed by atoms with van der Waals surface area (Å²) in [7, 11) is 4.04. The first-order chi connectivity index (χ1) is 13.9. The molecular weight excluding hydrogens is 366 g/mol. The largest absolute Gasteiger partial charge is 0.341 e. The first kappa shape index (κ1) is 20.3. The van der Waals surface area contributed by atoms with Crippen LogP contribution in [0, 0.1) is 11.8 Å². The van der Waals surface area contributed by atoms with Crippen molar-refractivity contribution in [3.8, 4) is 0 Å². The minimum atomic E-state index is 0.0387. The van der Waals surface area contributed by atoms with Gasteiger partial charge in [-0.3, -0.25) is 9.59 Å². The molecule has 3 heterocycles. The van der Waals surface area contributed by atoms with Crippen LogP contribution in [-0.4, -0.2) is 70.7 Å². The van der Waals surface area contributed by atoms with Crippen LogP contribution in [0.3, 0.4) is 0 Å². The van der Waals surface area contributed by atoms with Crippen LogP contribution in [0.1, 0.15) is 51.0 Å². The molecule has 2 bridgehead atoms. The maximum atomic E-state index is 12.8. The van der Waals surface area contributed by atoms with E-state index < -0.39 is 0 Å². The van der Waals surface area contributed by atoms with Gasteiger partial charge in [0.1, 0.15) is 5.78 Å². The van der Waals surface area contributed by atoms with Gasteiger partial charge in [0, 0.05) is 68.6 Å². The zero-order chi connectivity index (χ0) is 20.5. The van der Waals surface area contributed by atoms with Crippen LogP contribution in [0.5, 0.6) is 0 Å². The van der Waals surface area contributed by atoms with Crippen molar-refractivity contribution < 1.29 is 9.59 Å². The highest BCUT2D eigenvalue weighted by Gasteiger charge is 2.40. The standard InChI is InChI=1S/C22H33N5O2/c1-15(28)17-4-6-18(7-5-17)21(29)26(3)12-16-10-23-22(24-11-16)27-19-8-9-20(27)14-25(2)13-19/h10-11,17-20H,4-9,12-14H2,1-3H3. The number of piperazine rings is 1. The van der Waals surface area contributed by atoms with Gasteiger partial charge in [-0.15, -0.1) is 0 Å². The van der Waals surface area contributed by atoms with Gasteiger partial charge in [-0.25, -0.2) is 9.97 Å². The number of likely N-dealkylation sites (N-methyl/N-ethyl adjacent to an activating group) is 1. The Labute approximate surface area is 173 Å². The Hall–Kier alpha value is -2.02. The summed E-state index contributed by atoms with van der Waals surface area (Å²) in [4.78, 5) is 40.2. The van der Waals surface area contributed by atoms with Gasteiger partial charge >= 0.3 is 0 Å². The second-order valence-electron chi connectivity index (χ2n) is 9.26. The van der Waals surface area contributed by atoms with E-state index in [0.29, 0.717) is 18.6 Å². The lowest BCUT2D eigenvalue weighted by molar-refractivity contribution is -0.137. The van der Waals surface area contributed by atoms with E-state index in [1.165, 1.54) is 12.8 Å². The summed E-state index contributed by atoms with van der Waals surface area (Å²) in [6.07, 6.45) is 9.47. The highest BCUT2D eigenvalue weighted by Crippen LogP contribution is 2.33. The maximum Gasteiger partial charge on any atom is 0.225 e. The van der Waals surface area contributed by atoms with Gasteiger partial charge in [0.05, 0.1) is 0 Å². The highest BCUT2D eigenvalue weighted by molar-refractivity contribution is 5.81. The third-order valence-electron chi connectivity index (χ3n) is 7.03. The number of nitrogens with zero attached hydrogens (tertiary/aromatic N) is 5. The lowest BCUT2D eigenvalue weighted by atomic mass is 9.80. The van der Waals surface area contributed by atoms with Crippen LogP contribution in [0.15, 0.2) is 12.4 Å². The van der Waals surface area contributed by atoms with Crippen molar-refractivity contribution in [2.75, 3.05) is 32.1 Å². The molecule has 0 aromatic carbocycles. The molecule has 1 amide bonds. The summed E-state index contributed by atoms with van der Waals surface area (Å²) in [6.45, 7) is 4.34. The Kier molecular flexibility index (Phi) is 5.86. The van der Waals surface area contributed by atoms with Crippen LogP contribution in [-0.2, 0) is 16.1 Å². The number of likely N-dealkylation sites (tertiary alicyclic amines) is 1. The molecule has 1 aromatic heterocycles. The molecule has 7 heteroatoms. The van der Waals surface area contributed by atoms with Crippen molar-refractivity contribution in [3.05, 3.63) is 18.0 Å². The minimum absolute atomic E-state index is 0.0387. The van der Waals surface area contributed by atoms with Crippen LogP contribution in [0.2, 0.25) is 0 Å². The number of fused-ring (bicyclic) bond motifs is 2. The Bertz CT molecular complexity index is 730. The van der Waals surface area contributed by atoms with E-state index in [4.69, 9.17) is 0 Å². The predicted octanol–water partition coefficient (Wildman–Crippen LogP) is 2.11. The summed E-state index contributed by atoms with van der Waals surface area (Å²) in [5, 5.41) is 0. The SMILES string of the molecule is CC(=O)C1CCC(C(=O)N(C)Cc2cnc(N3C4CCC3CN(C)C4)nc2)CC1. The van der Waals surface area contributed by atoms with Crippen molar-refractivity contribution in [2.45, 2.75) is 64.1 Å². The average Bonchev–Trinajstić information content (AvgIpc) is 2.99. The van der Waals surface area contributed by atoms with Gasteiger partial charge < -0.3 is 14.7 Å². The Morgan fingerprint density at radius 1 is 1.00 bits per heavy atom. The van der Waals surface area contributed by atoms with Gasteiger partial charge in [0.2, 0.25) is 11.9 Å². The first-order valence-corrected chi connectivity index (χ1v) is 11.0. The molecule has 7 nitrogen and oxygen atoms in total. The number of hydrogen-bond acceptors (Lipinski definition) is 6. The quantitative estimate of drug-likeness (QED) is 0.755. The summed E-state index contributed by atoms with van der Waals surface area (Å²) < 4.78 is 0. The Morgan fingerprint density at radius 2 is 1.55 bits per heavy atom. The molecule has 0 spiro atoms. The fourth-order valence-electron chi connectivity index (χ4n) is 5.41. The van der Waals surface area contributed by atoms with Crippen molar-refractivity contribution in [2.24, 2.45) is 11.8 Å². The number of Topliss-reactive ketones (excluding diaryl/α,β-unsaturated/α-hetero) is 1. The molecule has 2 aliphatic heterocycles. The molecule has 4 rings (SSSR count). The fourth-order valence-corrected chi connectivity index (χ4v) is 5.41. The average molecular weight is 400 g/mol. The zero-order valence-corrected chi connectivity index (χ0v) is 17.9. The van der Waals surface area contributed by atoms with Crippen molar-refractivity contribution in [1.29, 1.82) is 0 Å². The number of rotatable bonds is 5. The molecule has 3 fully saturated rings. The molecule has 0 radical (unpaired) electrons. The number of aromatic nitrogens is 2. The van der Waals surface area contributed by atoms with E-state index in [0.717, 1.165) is 50.3 Å². The van der Waals surface area contributed by atoms with Crippen LogP contribution < -0.4 is 4.90 Å². The van der Waals surface area contributed by atoms with Crippen LogP contribution in [0.4, 0.5) is 5.95 Å². The van der Waals surface area contributed by atoms with Gasteiger partial charge in [-0.05, 0) is 52.5 Å². The van der Waals surface area contributed by atoms with E-state index in [1.807, 2.05) is 19.4 Å². The van der Waals surface area contributed by atoms with Crippen LogP contribution in [0.25, 0.3) is 0 Å². The number of ketones is 1. The summed E-state index contributed by atoms with van der Waals surface area (Å²) in [6, 6.07) is 1.03. The van der Waals surface area contributed by atoms with E-state index in [1.54, 1.807) is 11.8 Å². The third-order valence-corrected chi connectivity index (χ3v) is 7.03. The highest BCUT2D eigenvalue weighted by atomic mass is 16.2. The van der Waals surface area contributed by atoms with Gasteiger partial charge in [0.25, 0.3) is 0 Å². The summed E-state index contributed by atoms with van der Waals surface area (Å²) >= 11 is 0. The first-order valence-electron chi connectivity index (χ1n) is 11.0. The predicted molar refractivity (Wildman–Crippen MR) is 111 cm³/mol. The second-order valence-corrected chi connectivity index (χ2v) is 9.26. The molecular formula is C22H33N5O2. The molecule has 3 aliphatic rings. The van der Waals surface area contributed by atoms with Crippen molar-refractivity contribution >= 4 is 17.6 Å². The smallest absolute Gasteiger partial charge is 0.225 e. The monoisotopic (exact) mass is 399 g/mol. The molecule has 1 aromatic rings. The summed E-state index contributed by atoms with van der Waals surface area (Å²) in [5.41, 5.74) is 0.962. The van der Waals surface area contributed by atoms with E-state index in [9.17, 15) is 9.59 Å².